The minimum Gasteiger partial charge on any atom is -0.437 e. The lowest BCUT2D eigenvalue weighted by molar-refractivity contribution is 0.0736. The molecular weight excluding hydrogens is 364 g/mol. The molecule has 0 unspecified atom stereocenters. The first kappa shape index (κ1) is 19.5. The third-order valence-corrected chi connectivity index (χ3v) is 3.51. The summed E-state index contributed by atoms with van der Waals surface area (Å²) in [5, 5.41) is 3.44. The van der Waals surface area contributed by atoms with Crippen molar-refractivity contribution in [2.45, 2.75) is 20.8 Å². The highest BCUT2D eigenvalue weighted by Crippen LogP contribution is 2.33. The van der Waals surface area contributed by atoms with E-state index in [0.717, 1.165) is 0 Å². The summed E-state index contributed by atoms with van der Waals surface area (Å²) in [4.78, 5) is 25.0. The van der Waals surface area contributed by atoms with E-state index in [2.05, 4.69) is 10.1 Å². The molecule has 1 aromatic rings. The Bertz CT molecular complexity index is 774. The maximum atomic E-state index is 11.9. The van der Waals surface area contributed by atoms with Crippen molar-refractivity contribution in [2.24, 2.45) is 0 Å². The summed E-state index contributed by atoms with van der Waals surface area (Å²) in [5.74, 6) is 0.152. The molecule has 0 aliphatic carbocycles. The Hall–Kier alpha value is -2.87. The molecule has 1 N–H and O–H groups in total. The number of methoxy groups -OCH3 is 1. The SMILES string of the molecule is CCOC(=O)OC1=C(C)NC(C)=C(OC(=O)OC)N1c1cccc(Cl)c1. The van der Waals surface area contributed by atoms with Crippen LogP contribution in [0, 0.1) is 0 Å². The van der Waals surface area contributed by atoms with Crippen LogP contribution in [0.4, 0.5) is 15.3 Å². The number of carbonyl (C=O) groups excluding carboxylic acids is 2. The van der Waals surface area contributed by atoms with E-state index in [9.17, 15) is 9.59 Å². The Labute approximate surface area is 155 Å². The molecule has 0 spiro atoms. The average molecular weight is 383 g/mol. The van der Waals surface area contributed by atoms with Gasteiger partial charge in [-0.1, -0.05) is 17.7 Å². The first-order chi connectivity index (χ1) is 12.4. The highest BCUT2D eigenvalue weighted by molar-refractivity contribution is 6.30. The highest BCUT2D eigenvalue weighted by atomic mass is 35.5. The number of rotatable bonds is 4. The normalized spacial score (nSPS) is 14.0. The maximum Gasteiger partial charge on any atom is 0.515 e. The lowest BCUT2D eigenvalue weighted by Gasteiger charge is -2.33. The van der Waals surface area contributed by atoms with Crippen LogP contribution in [-0.4, -0.2) is 26.0 Å². The number of ether oxygens (including phenoxy) is 4. The van der Waals surface area contributed by atoms with E-state index in [-0.39, 0.29) is 18.4 Å². The third kappa shape index (κ3) is 4.40. The molecule has 1 aliphatic heterocycles. The molecule has 0 aromatic heterocycles. The summed E-state index contributed by atoms with van der Waals surface area (Å²) >= 11 is 6.08. The van der Waals surface area contributed by atoms with Crippen LogP contribution in [-0.2, 0) is 18.9 Å². The number of carbonyl (C=O) groups is 2. The average Bonchev–Trinajstić information content (AvgIpc) is 2.59. The molecular formula is C17H19ClN2O6. The summed E-state index contributed by atoms with van der Waals surface area (Å²) in [6, 6.07) is 6.74. The molecule has 0 bridgehead atoms. The van der Waals surface area contributed by atoms with Gasteiger partial charge in [0.2, 0.25) is 11.8 Å². The van der Waals surface area contributed by atoms with Crippen molar-refractivity contribution in [3.63, 3.8) is 0 Å². The molecule has 0 amide bonds. The van der Waals surface area contributed by atoms with E-state index in [1.165, 1.54) is 12.0 Å². The van der Waals surface area contributed by atoms with Crippen LogP contribution >= 0.6 is 11.6 Å². The lowest BCUT2D eigenvalue weighted by atomic mass is 10.2. The molecule has 1 aromatic carbocycles. The van der Waals surface area contributed by atoms with Gasteiger partial charge < -0.3 is 24.3 Å². The zero-order valence-corrected chi connectivity index (χ0v) is 15.5. The number of hydrogen-bond donors (Lipinski definition) is 1. The molecule has 26 heavy (non-hydrogen) atoms. The Morgan fingerprint density at radius 1 is 1.12 bits per heavy atom. The topological polar surface area (TPSA) is 86.3 Å². The minimum absolute atomic E-state index is 0.0732. The van der Waals surface area contributed by atoms with E-state index in [1.54, 1.807) is 45.0 Å². The number of allylic oxidation sites excluding steroid dienone is 2. The molecule has 0 atom stereocenters. The monoisotopic (exact) mass is 382 g/mol. The van der Waals surface area contributed by atoms with Crippen LogP contribution in [0.15, 0.2) is 47.4 Å². The van der Waals surface area contributed by atoms with Gasteiger partial charge in [-0.15, -0.1) is 0 Å². The van der Waals surface area contributed by atoms with E-state index in [0.29, 0.717) is 22.1 Å². The number of nitrogens with zero attached hydrogens (tertiary/aromatic N) is 1. The van der Waals surface area contributed by atoms with Gasteiger partial charge in [0.1, 0.15) is 0 Å². The molecule has 0 saturated heterocycles. The molecule has 2 rings (SSSR count). The van der Waals surface area contributed by atoms with Gasteiger partial charge in [-0.05, 0) is 39.0 Å². The summed E-state index contributed by atoms with van der Waals surface area (Å²) in [6.45, 7) is 5.20. The molecule has 9 heteroatoms. The molecule has 8 nitrogen and oxygen atoms in total. The maximum absolute atomic E-state index is 11.9. The smallest absolute Gasteiger partial charge is 0.437 e. The highest BCUT2D eigenvalue weighted by Gasteiger charge is 2.32. The zero-order chi connectivity index (χ0) is 19.3. The van der Waals surface area contributed by atoms with Crippen molar-refractivity contribution in [3.05, 3.63) is 52.4 Å². The molecule has 0 fully saturated rings. The van der Waals surface area contributed by atoms with Gasteiger partial charge in [0, 0.05) is 5.02 Å². The van der Waals surface area contributed by atoms with Crippen LogP contribution in [0.2, 0.25) is 5.02 Å². The lowest BCUT2D eigenvalue weighted by Crippen LogP contribution is -2.37. The molecule has 140 valence electrons. The van der Waals surface area contributed by atoms with Crippen LogP contribution in [0.25, 0.3) is 0 Å². The van der Waals surface area contributed by atoms with Gasteiger partial charge in [-0.25, -0.2) is 14.5 Å². The van der Waals surface area contributed by atoms with Crippen molar-refractivity contribution < 1.29 is 28.5 Å². The van der Waals surface area contributed by atoms with Crippen LogP contribution in [0.3, 0.4) is 0 Å². The number of halogens is 1. The van der Waals surface area contributed by atoms with Gasteiger partial charge >= 0.3 is 12.3 Å². The molecule has 0 radical (unpaired) electrons. The van der Waals surface area contributed by atoms with E-state index >= 15 is 0 Å². The number of anilines is 1. The first-order valence-corrected chi connectivity index (χ1v) is 8.10. The Morgan fingerprint density at radius 3 is 2.27 bits per heavy atom. The Morgan fingerprint density at radius 2 is 1.73 bits per heavy atom. The predicted molar refractivity (Wildman–Crippen MR) is 94.1 cm³/mol. The number of benzene rings is 1. The van der Waals surface area contributed by atoms with Crippen LogP contribution in [0.5, 0.6) is 0 Å². The van der Waals surface area contributed by atoms with Crippen molar-refractivity contribution in [2.75, 3.05) is 18.6 Å². The van der Waals surface area contributed by atoms with Gasteiger partial charge in [-0.2, -0.15) is 0 Å². The Kier molecular flexibility index (Phi) is 6.35. The van der Waals surface area contributed by atoms with Gasteiger partial charge in [0.25, 0.3) is 0 Å². The second-order valence-electron chi connectivity index (χ2n) is 5.14. The van der Waals surface area contributed by atoms with Crippen molar-refractivity contribution >= 4 is 29.6 Å². The van der Waals surface area contributed by atoms with Crippen LogP contribution in [0.1, 0.15) is 20.8 Å². The molecule has 0 saturated carbocycles. The summed E-state index contributed by atoms with van der Waals surface area (Å²) < 4.78 is 20.0. The van der Waals surface area contributed by atoms with Gasteiger partial charge in [-0.3, -0.25) is 0 Å². The van der Waals surface area contributed by atoms with E-state index in [4.69, 9.17) is 25.8 Å². The van der Waals surface area contributed by atoms with E-state index < -0.39 is 12.3 Å². The predicted octanol–water partition coefficient (Wildman–Crippen LogP) is 4.08. The Balaban J connectivity index is 2.51. The fourth-order valence-corrected chi connectivity index (χ4v) is 2.44. The van der Waals surface area contributed by atoms with Gasteiger partial charge in [0.05, 0.1) is 30.8 Å². The number of nitrogens with one attached hydrogen (secondary N) is 1. The quantitative estimate of drug-likeness (QED) is 0.779. The summed E-state index contributed by atoms with van der Waals surface area (Å²) in [5.41, 5.74) is 1.52. The fraction of sp³-hybridized carbons (Fsp3) is 0.294. The second-order valence-corrected chi connectivity index (χ2v) is 5.58. The standard InChI is InChI=1S/C17H19ClN2O6/c1-5-24-17(22)26-15-11(3)19-10(2)14(25-16(21)23-4)20(15)13-8-6-7-12(18)9-13/h6-9,19H,5H2,1-4H3. The van der Waals surface area contributed by atoms with Crippen molar-refractivity contribution in [1.29, 1.82) is 0 Å². The summed E-state index contributed by atoms with van der Waals surface area (Å²) in [7, 11) is 1.19. The van der Waals surface area contributed by atoms with Crippen molar-refractivity contribution in [3.8, 4) is 0 Å². The number of hydrogen-bond acceptors (Lipinski definition) is 8. The molecule has 1 aliphatic rings. The summed E-state index contributed by atoms with van der Waals surface area (Å²) in [6.07, 6.45) is -1.82. The van der Waals surface area contributed by atoms with E-state index in [1.807, 2.05) is 0 Å². The van der Waals surface area contributed by atoms with Gasteiger partial charge in [0.15, 0.2) is 0 Å². The zero-order valence-electron chi connectivity index (χ0n) is 14.8. The minimum atomic E-state index is -0.928. The van der Waals surface area contributed by atoms with Crippen LogP contribution < -0.4 is 10.2 Å². The largest absolute Gasteiger partial charge is 0.515 e. The fourth-order valence-electron chi connectivity index (χ4n) is 2.26. The third-order valence-electron chi connectivity index (χ3n) is 3.28. The van der Waals surface area contributed by atoms with Crippen molar-refractivity contribution in [1.82, 2.24) is 5.32 Å². The second kappa shape index (κ2) is 8.48. The molecule has 1 heterocycles. The first-order valence-electron chi connectivity index (χ1n) is 7.72.